The predicted octanol–water partition coefficient (Wildman–Crippen LogP) is 7.24. The lowest BCUT2D eigenvalue weighted by Crippen LogP contribution is -2.46. The second-order valence-corrected chi connectivity index (χ2v) is 10.6. The van der Waals surface area contributed by atoms with Gasteiger partial charge < -0.3 is 15.1 Å². The van der Waals surface area contributed by atoms with Gasteiger partial charge in [0.1, 0.15) is 0 Å². The second kappa shape index (κ2) is 10.9. The summed E-state index contributed by atoms with van der Waals surface area (Å²) in [4.78, 5) is 5.05. The summed E-state index contributed by atoms with van der Waals surface area (Å²) in [7, 11) is 0. The number of thiocarbonyl (C=S) groups is 1. The fourth-order valence-electron chi connectivity index (χ4n) is 5.64. The van der Waals surface area contributed by atoms with E-state index in [1.165, 1.54) is 79.4 Å². The number of fused-ring (bicyclic) bond motifs is 1. The van der Waals surface area contributed by atoms with E-state index in [0.29, 0.717) is 12.0 Å². The molecule has 0 unspecified atom stereocenters. The van der Waals surface area contributed by atoms with Crippen LogP contribution in [0, 0.1) is 19.8 Å². The number of nitrogens with one attached hydrogen (secondary N) is 1. The van der Waals surface area contributed by atoms with E-state index in [4.69, 9.17) is 12.2 Å². The number of hydrogen-bond acceptors (Lipinski definition) is 2. The Bertz CT molecular complexity index is 969. The van der Waals surface area contributed by atoms with Crippen LogP contribution in [0.15, 0.2) is 36.4 Å². The largest absolute Gasteiger partial charge is 0.371 e. The zero-order valence-corrected chi connectivity index (χ0v) is 21.8. The Balaban J connectivity index is 1.57. The van der Waals surface area contributed by atoms with Gasteiger partial charge in [0.15, 0.2) is 5.11 Å². The normalized spacial score (nSPS) is 20.3. The molecule has 178 valence electrons. The average Bonchev–Trinajstić information content (AvgIpc) is 2.81. The van der Waals surface area contributed by atoms with E-state index in [9.17, 15) is 0 Å². The molecule has 0 radical (unpaired) electrons. The summed E-state index contributed by atoms with van der Waals surface area (Å²) in [6.45, 7) is 12.2. The molecular formula is C29H41N3S. The molecule has 0 amide bonds. The second-order valence-electron chi connectivity index (χ2n) is 10.2. The average molecular weight is 464 g/mol. The molecule has 1 saturated carbocycles. The quantitative estimate of drug-likeness (QED) is 0.455. The first-order valence-electron chi connectivity index (χ1n) is 13.0. The first-order valence-corrected chi connectivity index (χ1v) is 13.4. The van der Waals surface area contributed by atoms with E-state index >= 15 is 0 Å². The Kier molecular flexibility index (Phi) is 7.95. The predicted molar refractivity (Wildman–Crippen MR) is 146 cm³/mol. The molecule has 0 aromatic heterocycles. The van der Waals surface area contributed by atoms with Crippen molar-refractivity contribution < 1.29 is 0 Å². The molecule has 0 spiro atoms. The Hall–Kier alpha value is -2.07. The molecular weight excluding hydrogens is 422 g/mol. The van der Waals surface area contributed by atoms with E-state index in [0.717, 1.165) is 23.9 Å². The van der Waals surface area contributed by atoms with Gasteiger partial charge in [-0.3, -0.25) is 0 Å². The molecule has 1 fully saturated rings. The van der Waals surface area contributed by atoms with E-state index in [1.807, 2.05) is 0 Å². The van der Waals surface area contributed by atoms with Crippen LogP contribution in [0.2, 0.25) is 0 Å². The van der Waals surface area contributed by atoms with E-state index in [1.54, 1.807) is 0 Å². The maximum Gasteiger partial charge on any atom is 0.173 e. The van der Waals surface area contributed by atoms with E-state index in [-0.39, 0.29) is 0 Å². The van der Waals surface area contributed by atoms with Gasteiger partial charge in [0.05, 0.1) is 0 Å². The van der Waals surface area contributed by atoms with Crippen LogP contribution in [0.25, 0.3) is 0 Å². The summed E-state index contributed by atoms with van der Waals surface area (Å²) in [6, 6.07) is 14.2. The van der Waals surface area contributed by atoms with Gasteiger partial charge in [0.2, 0.25) is 0 Å². The first-order chi connectivity index (χ1) is 16.0. The zero-order valence-electron chi connectivity index (χ0n) is 21.0. The number of aryl methyl sites for hydroxylation is 3. The maximum absolute atomic E-state index is 6.05. The minimum atomic E-state index is 0.498. The van der Waals surface area contributed by atoms with Gasteiger partial charge >= 0.3 is 0 Å². The molecule has 3 nitrogen and oxygen atoms in total. The molecule has 2 atom stereocenters. The Morgan fingerprint density at radius 3 is 2.64 bits per heavy atom. The topological polar surface area (TPSA) is 18.5 Å². The van der Waals surface area contributed by atoms with Gasteiger partial charge in [-0.05, 0) is 105 Å². The van der Waals surface area contributed by atoms with Crippen molar-refractivity contribution in [3.63, 3.8) is 0 Å². The summed E-state index contributed by atoms with van der Waals surface area (Å²) in [5.74, 6) is 0.663. The lowest BCUT2D eigenvalue weighted by atomic mass is 9.84. The van der Waals surface area contributed by atoms with Crippen molar-refractivity contribution in [1.82, 2.24) is 4.90 Å². The third-order valence-electron chi connectivity index (χ3n) is 7.69. The SMILES string of the molecule is CCCN1CCCc2cc(CN(C(=S)Nc3ccc(C)c(C)c3)[C@@H]3CCCC[C@H]3C)ccc21. The lowest BCUT2D eigenvalue weighted by Gasteiger charge is -2.40. The molecule has 1 N–H and O–H groups in total. The zero-order chi connectivity index (χ0) is 23.4. The standard InChI is InChI=1S/C29H41N3S/c1-5-16-31-17-8-10-25-19-24(13-15-28(25)31)20-32(27-11-7-6-9-22(27)3)29(33)30-26-14-12-21(2)23(4)18-26/h12-15,18-19,22,27H,5-11,16-17,20H2,1-4H3,(H,30,33)/t22-,27-/m1/s1. The number of benzene rings is 2. The minimum absolute atomic E-state index is 0.498. The third kappa shape index (κ3) is 5.71. The maximum atomic E-state index is 6.05. The minimum Gasteiger partial charge on any atom is -0.371 e. The molecule has 1 aliphatic carbocycles. The van der Waals surface area contributed by atoms with Crippen LogP contribution in [-0.2, 0) is 13.0 Å². The molecule has 1 heterocycles. The highest BCUT2D eigenvalue weighted by Gasteiger charge is 2.29. The molecule has 0 bridgehead atoms. The number of rotatable bonds is 6. The van der Waals surface area contributed by atoms with Crippen LogP contribution in [0.1, 0.15) is 74.6 Å². The van der Waals surface area contributed by atoms with Crippen molar-refractivity contribution in [3.8, 4) is 0 Å². The molecule has 4 heteroatoms. The highest BCUT2D eigenvalue weighted by atomic mass is 32.1. The molecule has 2 aromatic carbocycles. The fraction of sp³-hybridized carbons (Fsp3) is 0.552. The van der Waals surface area contributed by atoms with Gasteiger partial charge in [-0.1, -0.05) is 44.9 Å². The van der Waals surface area contributed by atoms with Crippen molar-refractivity contribution in [2.24, 2.45) is 5.92 Å². The molecule has 1 aliphatic heterocycles. The lowest BCUT2D eigenvalue weighted by molar-refractivity contribution is 0.177. The summed E-state index contributed by atoms with van der Waals surface area (Å²) < 4.78 is 0. The number of nitrogens with zero attached hydrogens (tertiary/aromatic N) is 2. The van der Waals surface area contributed by atoms with Gasteiger partial charge in [-0.2, -0.15) is 0 Å². The fourth-order valence-corrected chi connectivity index (χ4v) is 5.96. The molecule has 33 heavy (non-hydrogen) atoms. The van der Waals surface area contributed by atoms with Crippen LogP contribution in [-0.4, -0.2) is 29.1 Å². The van der Waals surface area contributed by atoms with Gasteiger partial charge in [0.25, 0.3) is 0 Å². The van der Waals surface area contributed by atoms with E-state index in [2.05, 4.69) is 79.2 Å². The Morgan fingerprint density at radius 2 is 1.88 bits per heavy atom. The third-order valence-corrected chi connectivity index (χ3v) is 8.03. The molecule has 2 aliphatic rings. The molecule has 0 saturated heterocycles. The summed E-state index contributed by atoms with van der Waals surface area (Å²) in [5.41, 5.74) is 8.05. The van der Waals surface area contributed by atoms with Crippen LogP contribution >= 0.6 is 12.2 Å². The van der Waals surface area contributed by atoms with Gasteiger partial charge in [-0.25, -0.2) is 0 Å². The number of anilines is 2. The highest BCUT2D eigenvalue weighted by Crippen LogP contribution is 2.32. The van der Waals surface area contributed by atoms with Crippen molar-refractivity contribution >= 4 is 28.7 Å². The van der Waals surface area contributed by atoms with Crippen LogP contribution < -0.4 is 10.2 Å². The van der Waals surface area contributed by atoms with Crippen LogP contribution in [0.3, 0.4) is 0 Å². The molecule has 4 rings (SSSR count). The Labute approximate surface area is 206 Å². The highest BCUT2D eigenvalue weighted by molar-refractivity contribution is 7.80. The van der Waals surface area contributed by atoms with Crippen LogP contribution in [0.4, 0.5) is 11.4 Å². The molecule has 2 aromatic rings. The monoisotopic (exact) mass is 463 g/mol. The van der Waals surface area contributed by atoms with Crippen molar-refractivity contribution in [2.45, 2.75) is 85.2 Å². The summed E-state index contributed by atoms with van der Waals surface area (Å²) in [6.07, 6.45) is 8.81. The first kappa shape index (κ1) is 24.1. The van der Waals surface area contributed by atoms with Gasteiger partial charge in [-0.15, -0.1) is 0 Å². The van der Waals surface area contributed by atoms with Crippen LogP contribution in [0.5, 0.6) is 0 Å². The van der Waals surface area contributed by atoms with Crippen molar-refractivity contribution in [1.29, 1.82) is 0 Å². The summed E-state index contributed by atoms with van der Waals surface area (Å²) >= 11 is 6.05. The smallest absolute Gasteiger partial charge is 0.173 e. The Morgan fingerprint density at radius 1 is 1.06 bits per heavy atom. The van der Waals surface area contributed by atoms with Gasteiger partial charge in [0, 0.05) is 37.1 Å². The van der Waals surface area contributed by atoms with E-state index < -0.39 is 0 Å². The summed E-state index contributed by atoms with van der Waals surface area (Å²) in [5, 5.41) is 4.45. The number of hydrogen-bond donors (Lipinski definition) is 1. The van der Waals surface area contributed by atoms with Crippen molar-refractivity contribution in [2.75, 3.05) is 23.3 Å². The van der Waals surface area contributed by atoms with Crippen molar-refractivity contribution in [3.05, 3.63) is 58.7 Å².